The van der Waals surface area contributed by atoms with E-state index in [0.717, 1.165) is 13.0 Å². The first-order chi connectivity index (χ1) is 7.27. The second-order valence-electron chi connectivity index (χ2n) is 3.52. The zero-order chi connectivity index (χ0) is 11.1. The molecule has 0 radical (unpaired) electrons. The first kappa shape index (κ1) is 11.5. The monoisotopic (exact) mass is 203 g/mol. The lowest BCUT2D eigenvalue weighted by Gasteiger charge is -2.20. The predicted octanol–water partition coefficient (Wildman–Crippen LogP) is 1.62. The van der Waals surface area contributed by atoms with Crippen LogP contribution in [-0.2, 0) is 0 Å². The van der Waals surface area contributed by atoms with Crippen molar-refractivity contribution in [1.82, 2.24) is 5.32 Å². The fraction of sp³-hybridized carbons (Fsp3) is 0.417. The van der Waals surface area contributed by atoms with Gasteiger partial charge < -0.3 is 10.2 Å². The summed E-state index contributed by atoms with van der Waals surface area (Å²) in [6.07, 6.45) is 0.832. The molecule has 1 aromatic rings. The van der Waals surface area contributed by atoms with E-state index in [1.165, 1.54) is 5.69 Å². The normalized spacial score (nSPS) is 11.8. The molecule has 0 heterocycles. The molecule has 1 atom stereocenters. The van der Waals surface area contributed by atoms with Crippen molar-refractivity contribution in [2.75, 3.05) is 25.5 Å². The summed E-state index contributed by atoms with van der Waals surface area (Å²) in [6.45, 7) is 0.878. The molecule has 1 aromatic carbocycles. The van der Waals surface area contributed by atoms with Crippen LogP contribution in [0.25, 0.3) is 0 Å². The van der Waals surface area contributed by atoms with Crippen LogP contribution in [0.15, 0.2) is 30.3 Å². The summed E-state index contributed by atoms with van der Waals surface area (Å²) >= 11 is 0. The van der Waals surface area contributed by atoms with Gasteiger partial charge in [0.2, 0.25) is 0 Å². The zero-order valence-corrected chi connectivity index (χ0v) is 9.27. The van der Waals surface area contributed by atoms with Gasteiger partial charge in [-0.3, -0.25) is 0 Å². The van der Waals surface area contributed by atoms with Crippen molar-refractivity contribution >= 4 is 5.69 Å². The summed E-state index contributed by atoms with van der Waals surface area (Å²) in [5.74, 6) is 0. The molecule has 0 saturated heterocycles. The lowest BCUT2D eigenvalue weighted by Crippen LogP contribution is -2.29. The summed E-state index contributed by atoms with van der Waals surface area (Å²) < 4.78 is 0. The van der Waals surface area contributed by atoms with E-state index < -0.39 is 0 Å². The molecule has 1 N–H and O–H groups in total. The van der Waals surface area contributed by atoms with Gasteiger partial charge in [-0.15, -0.1) is 0 Å². The largest absolute Gasteiger partial charge is 0.375 e. The first-order valence-corrected chi connectivity index (χ1v) is 5.11. The van der Waals surface area contributed by atoms with Gasteiger partial charge in [-0.25, -0.2) is 0 Å². The Bertz CT molecular complexity index is 315. The summed E-state index contributed by atoms with van der Waals surface area (Å²) in [7, 11) is 3.86. The molecule has 0 aliphatic carbocycles. The number of hydrogen-bond donors (Lipinski definition) is 1. The highest BCUT2D eigenvalue weighted by molar-refractivity contribution is 5.44. The average molecular weight is 203 g/mol. The van der Waals surface area contributed by atoms with Crippen molar-refractivity contribution in [1.29, 1.82) is 5.26 Å². The topological polar surface area (TPSA) is 39.1 Å². The standard InChI is InChI=1S/C12H17N3/c1-14-11(10-13)8-9-15(2)12-6-4-3-5-7-12/h3-7,11,14H,8-9H2,1-2H3. The number of anilines is 1. The Morgan fingerprint density at radius 2 is 2.07 bits per heavy atom. The van der Waals surface area contributed by atoms with Crippen molar-refractivity contribution in [2.45, 2.75) is 12.5 Å². The molecule has 0 bridgehead atoms. The van der Waals surface area contributed by atoms with Crippen LogP contribution >= 0.6 is 0 Å². The van der Waals surface area contributed by atoms with Crippen LogP contribution in [-0.4, -0.2) is 26.7 Å². The van der Waals surface area contributed by atoms with E-state index >= 15 is 0 Å². The number of nitriles is 1. The molecule has 3 heteroatoms. The Hall–Kier alpha value is -1.53. The third-order valence-corrected chi connectivity index (χ3v) is 2.45. The molecule has 1 rings (SSSR count). The highest BCUT2D eigenvalue weighted by Gasteiger charge is 2.06. The van der Waals surface area contributed by atoms with Crippen LogP contribution in [0.4, 0.5) is 5.69 Å². The first-order valence-electron chi connectivity index (χ1n) is 5.11. The van der Waals surface area contributed by atoms with Gasteiger partial charge in [-0.1, -0.05) is 18.2 Å². The van der Waals surface area contributed by atoms with E-state index in [9.17, 15) is 0 Å². The Balaban J connectivity index is 2.44. The third kappa shape index (κ3) is 3.61. The fourth-order valence-corrected chi connectivity index (χ4v) is 1.41. The molecule has 0 aromatic heterocycles. The molecule has 0 aliphatic heterocycles. The number of nitrogens with zero attached hydrogens (tertiary/aromatic N) is 2. The minimum Gasteiger partial charge on any atom is -0.375 e. The lowest BCUT2D eigenvalue weighted by molar-refractivity contribution is 0.621. The number of hydrogen-bond acceptors (Lipinski definition) is 3. The molecule has 3 nitrogen and oxygen atoms in total. The summed E-state index contributed by atoms with van der Waals surface area (Å²) in [5, 5.41) is 11.7. The summed E-state index contributed by atoms with van der Waals surface area (Å²) in [5.41, 5.74) is 1.19. The van der Waals surface area contributed by atoms with Crippen molar-refractivity contribution in [3.63, 3.8) is 0 Å². The van der Waals surface area contributed by atoms with Gasteiger partial charge >= 0.3 is 0 Å². The Morgan fingerprint density at radius 1 is 1.40 bits per heavy atom. The molecular formula is C12H17N3. The highest BCUT2D eigenvalue weighted by atomic mass is 15.1. The maximum Gasteiger partial charge on any atom is 0.0967 e. The number of rotatable bonds is 5. The van der Waals surface area contributed by atoms with Crippen molar-refractivity contribution in [2.24, 2.45) is 0 Å². The maximum atomic E-state index is 8.78. The Kier molecular flexibility index (Phi) is 4.65. The van der Waals surface area contributed by atoms with Crippen molar-refractivity contribution in [3.8, 4) is 6.07 Å². The SMILES string of the molecule is CNC(C#N)CCN(C)c1ccccc1. The minimum atomic E-state index is -0.0591. The van der Waals surface area contributed by atoms with E-state index in [1.807, 2.05) is 32.3 Å². The van der Waals surface area contributed by atoms with Crippen molar-refractivity contribution < 1.29 is 0 Å². The van der Waals surface area contributed by atoms with Gasteiger partial charge in [0, 0.05) is 19.3 Å². The lowest BCUT2D eigenvalue weighted by atomic mass is 10.2. The maximum absolute atomic E-state index is 8.78. The fourth-order valence-electron chi connectivity index (χ4n) is 1.41. The zero-order valence-electron chi connectivity index (χ0n) is 9.27. The second kappa shape index (κ2) is 6.05. The minimum absolute atomic E-state index is 0.0591. The molecule has 0 spiro atoms. The van der Waals surface area contributed by atoms with Crippen LogP contribution in [0, 0.1) is 11.3 Å². The van der Waals surface area contributed by atoms with Gasteiger partial charge in [-0.05, 0) is 25.6 Å². The van der Waals surface area contributed by atoms with Crippen molar-refractivity contribution in [3.05, 3.63) is 30.3 Å². The van der Waals surface area contributed by atoms with Crippen LogP contribution in [0.1, 0.15) is 6.42 Å². The van der Waals surface area contributed by atoms with Crippen LogP contribution < -0.4 is 10.2 Å². The van der Waals surface area contributed by atoms with Crippen LogP contribution in [0.5, 0.6) is 0 Å². The number of nitrogens with one attached hydrogen (secondary N) is 1. The molecule has 15 heavy (non-hydrogen) atoms. The highest BCUT2D eigenvalue weighted by Crippen LogP contribution is 2.11. The predicted molar refractivity (Wildman–Crippen MR) is 62.8 cm³/mol. The van der Waals surface area contributed by atoms with E-state index in [-0.39, 0.29) is 6.04 Å². The van der Waals surface area contributed by atoms with Gasteiger partial charge in [0.05, 0.1) is 12.1 Å². The van der Waals surface area contributed by atoms with E-state index in [4.69, 9.17) is 5.26 Å². The van der Waals surface area contributed by atoms with E-state index in [2.05, 4.69) is 28.4 Å². The average Bonchev–Trinajstić information content (AvgIpc) is 2.31. The molecule has 0 aliphatic rings. The molecule has 0 fully saturated rings. The molecule has 80 valence electrons. The number of para-hydroxylation sites is 1. The smallest absolute Gasteiger partial charge is 0.0967 e. The third-order valence-electron chi connectivity index (χ3n) is 2.45. The molecule has 1 unspecified atom stereocenters. The second-order valence-corrected chi connectivity index (χ2v) is 3.52. The summed E-state index contributed by atoms with van der Waals surface area (Å²) in [4.78, 5) is 2.15. The number of benzene rings is 1. The van der Waals surface area contributed by atoms with Gasteiger partial charge in [0.15, 0.2) is 0 Å². The van der Waals surface area contributed by atoms with E-state index in [0.29, 0.717) is 0 Å². The van der Waals surface area contributed by atoms with Gasteiger partial charge in [-0.2, -0.15) is 5.26 Å². The summed E-state index contributed by atoms with van der Waals surface area (Å²) in [6, 6.07) is 12.3. The molecule has 0 saturated carbocycles. The van der Waals surface area contributed by atoms with Crippen LogP contribution in [0.3, 0.4) is 0 Å². The Labute approximate surface area is 91.3 Å². The van der Waals surface area contributed by atoms with Crippen LogP contribution in [0.2, 0.25) is 0 Å². The van der Waals surface area contributed by atoms with Gasteiger partial charge in [0.25, 0.3) is 0 Å². The molecule has 0 amide bonds. The van der Waals surface area contributed by atoms with Gasteiger partial charge in [0.1, 0.15) is 0 Å². The Morgan fingerprint density at radius 3 is 2.60 bits per heavy atom. The quantitative estimate of drug-likeness (QED) is 0.790. The molecular weight excluding hydrogens is 186 g/mol. The van der Waals surface area contributed by atoms with E-state index in [1.54, 1.807) is 0 Å².